The molecule has 0 heterocycles. The number of hydrogen-bond acceptors (Lipinski definition) is 2. The van der Waals surface area contributed by atoms with Crippen LogP contribution in [0.15, 0.2) is 53.6 Å². The monoisotopic (exact) mass is 283 g/mol. The molecule has 0 fully saturated rings. The van der Waals surface area contributed by atoms with Crippen molar-refractivity contribution in [2.75, 3.05) is 5.32 Å². The van der Waals surface area contributed by atoms with Crippen LogP contribution in [0, 0.1) is 13.8 Å². The summed E-state index contributed by atoms with van der Waals surface area (Å²) in [5.41, 5.74) is 7.26. The van der Waals surface area contributed by atoms with Gasteiger partial charge in [-0.15, -0.1) is 0 Å². The second kappa shape index (κ2) is 6.82. The van der Waals surface area contributed by atoms with Crippen LogP contribution in [0.5, 0.6) is 0 Å². The number of aryl methyl sites for hydroxylation is 2. The predicted molar refractivity (Wildman–Crippen MR) is 89.3 cm³/mol. The molecule has 2 aromatic carbocycles. The van der Waals surface area contributed by atoms with Crippen molar-refractivity contribution in [3.05, 3.63) is 65.2 Å². The standard InChI is InChI=1S/C16H17N3S/c1-12-8-9-14(13(2)10-12)11-17-19-16(20)18-15-6-4-3-5-7-15/h3-11H,1-2H3,(H2,18,19,20)/b17-11+. The Kier molecular flexibility index (Phi) is 4.85. The van der Waals surface area contributed by atoms with Gasteiger partial charge < -0.3 is 5.32 Å². The molecule has 2 N–H and O–H groups in total. The molecule has 0 aliphatic heterocycles. The van der Waals surface area contributed by atoms with Gasteiger partial charge in [-0.2, -0.15) is 5.10 Å². The molecule has 0 saturated heterocycles. The molecule has 0 bridgehead atoms. The number of rotatable bonds is 3. The minimum absolute atomic E-state index is 0.470. The molecule has 0 amide bonds. The molecule has 4 heteroatoms. The van der Waals surface area contributed by atoms with E-state index < -0.39 is 0 Å². The van der Waals surface area contributed by atoms with Crippen LogP contribution in [0.4, 0.5) is 5.69 Å². The average Bonchev–Trinajstić information content (AvgIpc) is 2.42. The molecule has 0 spiro atoms. The number of nitrogens with one attached hydrogen (secondary N) is 2. The van der Waals surface area contributed by atoms with Crippen molar-refractivity contribution in [3.8, 4) is 0 Å². The smallest absolute Gasteiger partial charge is 0.191 e. The van der Waals surface area contributed by atoms with Gasteiger partial charge in [0.05, 0.1) is 6.21 Å². The Morgan fingerprint density at radius 1 is 1.10 bits per heavy atom. The van der Waals surface area contributed by atoms with Crippen LogP contribution in [0.3, 0.4) is 0 Å². The van der Waals surface area contributed by atoms with Crippen molar-refractivity contribution >= 4 is 29.2 Å². The first-order chi connectivity index (χ1) is 9.65. The van der Waals surface area contributed by atoms with Gasteiger partial charge in [-0.05, 0) is 49.3 Å². The highest BCUT2D eigenvalue weighted by atomic mass is 32.1. The van der Waals surface area contributed by atoms with Crippen LogP contribution in [-0.4, -0.2) is 11.3 Å². The fourth-order valence-corrected chi connectivity index (χ4v) is 1.98. The Morgan fingerprint density at radius 2 is 1.85 bits per heavy atom. The van der Waals surface area contributed by atoms with Crippen LogP contribution < -0.4 is 10.7 Å². The molecule has 102 valence electrons. The second-order valence-corrected chi connectivity index (χ2v) is 4.96. The lowest BCUT2D eigenvalue weighted by atomic mass is 10.1. The van der Waals surface area contributed by atoms with E-state index in [1.54, 1.807) is 6.21 Å². The highest BCUT2D eigenvalue weighted by Crippen LogP contribution is 2.08. The van der Waals surface area contributed by atoms with Crippen molar-refractivity contribution in [2.45, 2.75) is 13.8 Å². The van der Waals surface area contributed by atoms with Gasteiger partial charge in [-0.3, -0.25) is 5.43 Å². The summed E-state index contributed by atoms with van der Waals surface area (Å²) < 4.78 is 0. The lowest BCUT2D eigenvalue weighted by Gasteiger charge is -2.06. The third kappa shape index (κ3) is 4.17. The van der Waals surface area contributed by atoms with Gasteiger partial charge in [0.25, 0.3) is 0 Å². The van der Waals surface area contributed by atoms with Gasteiger partial charge in [0.1, 0.15) is 0 Å². The molecule has 0 aromatic heterocycles. The number of thiocarbonyl (C=S) groups is 1. The zero-order valence-electron chi connectivity index (χ0n) is 11.6. The topological polar surface area (TPSA) is 36.4 Å². The molecule has 0 saturated carbocycles. The van der Waals surface area contributed by atoms with Gasteiger partial charge in [0.15, 0.2) is 5.11 Å². The van der Waals surface area contributed by atoms with Crippen LogP contribution in [0.1, 0.15) is 16.7 Å². The lowest BCUT2D eigenvalue weighted by molar-refractivity contribution is 1.05. The van der Waals surface area contributed by atoms with E-state index in [2.05, 4.69) is 41.8 Å². The summed E-state index contributed by atoms with van der Waals surface area (Å²) in [5, 5.41) is 7.68. The summed E-state index contributed by atoms with van der Waals surface area (Å²) in [7, 11) is 0. The molecule has 0 radical (unpaired) electrons. The van der Waals surface area contributed by atoms with E-state index in [1.807, 2.05) is 36.4 Å². The lowest BCUT2D eigenvalue weighted by Crippen LogP contribution is -2.23. The summed E-state index contributed by atoms with van der Waals surface area (Å²) in [4.78, 5) is 0. The van der Waals surface area contributed by atoms with E-state index in [0.717, 1.165) is 11.3 Å². The first-order valence-electron chi connectivity index (χ1n) is 6.37. The average molecular weight is 283 g/mol. The normalized spacial score (nSPS) is 10.5. The van der Waals surface area contributed by atoms with E-state index >= 15 is 0 Å². The number of para-hydroxylation sites is 1. The summed E-state index contributed by atoms with van der Waals surface area (Å²) in [6.45, 7) is 4.14. The maximum absolute atomic E-state index is 5.17. The SMILES string of the molecule is Cc1ccc(/C=N/NC(=S)Nc2ccccc2)c(C)c1. The van der Waals surface area contributed by atoms with E-state index in [1.165, 1.54) is 11.1 Å². The van der Waals surface area contributed by atoms with Crippen molar-refractivity contribution in [1.82, 2.24) is 5.43 Å². The van der Waals surface area contributed by atoms with E-state index in [4.69, 9.17) is 12.2 Å². The summed E-state index contributed by atoms with van der Waals surface area (Å²) in [5.74, 6) is 0. The van der Waals surface area contributed by atoms with E-state index in [-0.39, 0.29) is 0 Å². The van der Waals surface area contributed by atoms with Gasteiger partial charge in [0.2, 0.25) is 0 Å². The van der Waals surface area contributed by atoms with Gasteiger partial charge in [-0.25, -0.2) is 0 Å². The summed E-state index contributed by atoms with van der Waals surface area (Å²) in [6, 6.07) is 16.0. The van der Waals surface area contributed by atoms with Crippen molar-refractivity contribution < 1.29 is 0 Å². The molecular weight excluding hydrogens is 266 g/mol. The Labute approximate surface area is 124 Å². The first-order valence-corrected chi connectivity index (χ1v) is 6.78. The Morgan fingerprint density at radius 3 is 2.55 bits per heavy atom. The van der Waals surface area contributed by atoms with E-state index in [0.29, 0.717) is 5.11 Å². The highest BCUT2D eigenvalue weighted by Gasteiger charge is 1.96. The molecule has 20 heavy (non-hydrogen) atoms. The maximum Gasteiger partial charge on any atom is 0.191 e. The van der Waals surface area contributed by atoms with Crippen LogP contribution in [0.2, 0.25) is 0 Å². The zero-order chi connectivity index (χ0) is 14.4. The Hall–Kier alpha value is -2.20. The predicted octanol–water partition coefficient (Wildman–Crippen LogP) is 3.62. The minimum atomic E-state index is 0.470. The molecule has 0 aliphatic rings. The molecule has 2 rings (SSSR count). The third-order valence-corrected chi connectivity index (χ3v) is 3.02. The van der Waals surface area contributed by atoms with Gasteiger partial charge in [-0.1, -0.05) is 42.0 Å². The van der Waals surface area contributed by atoms with Crippen molar-refractivity contribution in [1.29, 1.82) is 0 Å². The fraction of sp³-hybridized carbons (Fsp3) is 0.125. The second-order valence-electron chi connectivity index (χ2n) is 4.55. The number of hydrogen-bond donors (Lipinski definition) is 2. The van der Waals surface area contributed by atoms with Crippen LogP contribution in [-0.2, 0) is 0 Å². The van der Waals surface area contributed by atoms with E-state index in [9.17, 15) is 0 Å². The zero-order valence-corrected chi connectivity index (χ0v) is 12.4. The molecule has 0 aliphatic carbocycles. The van der Waals surface area contributed by atoms with Crippen LogP contribution in [0.25, 0.3) is 0 Å². The summed E-state index contributed by atoms with van der Waals surface area (Å²) in [6.07, 6.45) is 1.77. The molecule has 3 nitrogen and oxygen atoms in total. The fourth-order valence-electron chi connectivity index (χ4n) is 1.81. The molecular formula is C16H17N3S. The Balaban J connectivity index is 1.91. The highest BCUT2D eigenvalue weighted by molar-refractivity contribution is 7.80. The molecule has 0 unspecified atom stereocenters. The van der Waals surface area contributed by atoms with Crippen molar-refractivity contribution in [3.63, 3.8) is 0 Å². The molecule has 2 aromatic rings. The molecule has 0 atom stereocenters. The van der Waals surface area contributed by atoms with Crippen molar-refractivity contribution in [2.24, 2.45) is 5.10 Å². The number of benzene rings is 2. The quantitative estimate of drug-likeness (QED) is 0.513. The number of anilines is 1. The first kappa shape index (κ1) is 14.2. The third-order valence-electron chi connectivity index (χ3n) is 2.83. The Bertz CT molecular complexity index is 621. The largest absolute Gasteiger partial charge is 0.331 e. The number of hydrazone groups is 1. The van der Waals surface area contributed by atoms with Crippen LogP contribution >= 0.6 is 12.2 Å². The minimum Gasteiger partial charge on any atom is -0.331 e. The summed E-state index contributed by atoms with van der Waals surface area (Å²) >= 11 is 5.17. The van der Waals surface area contributed by atoms with Gasteiger partial charge >= 0.3 is 0 Å². The maximum atomic E-state index is 5.17. The number of nitrogens with zero attached hydrogens (tertiary/aromatic N) is 1. The van der Waals surface area contributed by atoms with Gasteiger partial charge in [0, 0.05) is 5.69 Å².